The Morgan fingerprint density at radius 2 is 2.05 bits per heavy atom. The van der Waals surface area contributed by atoms with Crippen LogP contribution in [-0.4, -0.2) is 15.3 Å². The number of benzene rings is 1. The van der Waals surface area contributed by atoms with Crippen molar-refractivity contribution >= 4 is 17.4 Å². The van der Waals surface area contributed by atoms with Gasteiger partial charge >= 0.3 is 0 Å². The van der Waals surface area contributed by atoms with Crippen LogP contribution in [0.15, 0.2) is 23.1 Å². The van der Waals surface area contributed by atoms with Crippen LogP contribution >= 0.6 is 11.8 Å². The van der Waals surface area contributed by atoms with E-state index in [-0.39, 0.29) is 10.6 Å². The molecular formula is C14H19NO3S. The first kappa shape index (κ1) is 14.3. The summed E-state index contributed by atoms with van der Waals surface area (Å²) in [6, 6.07) is 5.05. The first-order valence-electron chi connectivity index (χ1n) is 6.71. The van der Waals surface area contributed by atoms with Gasteiger partial charge in [-0.3, -0.25) is 10.1 Å². The van der Waals surface area contributed by atoms with Crippen LogP contribution in [-0.2, 0) is 0 Å². The molecule has 0 saturated heterocycles. The van der Waals surface area contributed by atoms with Crippen LogP contribution in [0.3, 0.4) is 0 Å². The number of thioether (sulfide) groups is 1. The second-order valence-electron chi connectivity index (χ2n) is 5.04. The van der Waals surface area contributed by atoms with E-state index >= 15 is 0 Å². The molecule has 0 aliphatic heterocycles. The summed E-state index contributed by atoms with van der Waals surface area (Å²) >= 11 is 1.62. The monoisotopic (exact) mass is 281 g/mol. The Labute approximate surface area is 117 Å². The van der Waals surface area contributed by atoms with E-state index in [1.54, 1.807) is 30.8 Å². The molecule has 1 aromatic rings. The maximum absolute atomic E-state index is 11.1. The van der Waals surface area contributed by atoms with Gasteiger partial charge < -0.3 is 5.11 Å². The standard InChI is InChI=1S/C14H19NO3S/c1-10(16)11-7-8-14(13(9-11)15(17)18)19-12-5-3-2-4-6-12/h7-10,12,16H,2-6H2,1H3/t10-/m0/s1. The van der Waals surface area contributed by atoms with Gasteiger partial charge in [-0.25, -0.2) is 0 Å². The molecule has 19 heavy (non-hydrogen) atoms. The van der Waals surface area contributed by atoms with Gasteiger partial charge in [0.25, 0.3) is 5.69 Å². The Kier molecular flexibility index (Phi) is 4.82. The van der Waals surface area contributed by atoms with Crippen LogP contribution in [0.1, 0.15) is 50.7 Å². The highest BCUT2D eigenvalue weighted by atomic mass is 32.2. The first-order chi connectivity index (χ1) is 9.08. The Morgan fingerprint density at radius 1 is 1.37 bits per heavy atom. The minimum absolute atomic E-state index is 0.119. The number of nitro benzene ring substituents is 1. The average Bonchev–Trinajstić information content (AvgIpc) is 2.39. The number of hydrogen-bond acceptors (Lipinski definition) is 4. The minimum atomic E-state index is -0.674. The van der Waals surface area contributed by atoms with E-state index in [1.807, 2.05) is 0 Å². The van der Waals surface area contributed by atoms with E-state index in [2.05, 4.69) is 0 Å². The second kappa shape index (κ2) is 6.39. The van der Waals surface area contributed by atoms with E-state index in [0.29, 0.717) is 10.8 Å². The molecule has 1 saturated carbocycles. The van der Waals surface area contributed by atoms with Gasteiger partial charge in [-0.15, -0.1) is 11.8 Å². The lowest BCUT2D eigenvalue weighted by molar-refractivity contribution is -0.387. The Hall–Kier alpha value is -1.07. The van der Waals surface area contributed by atoms with Gasteiger partial charge in [-0.1, -0.05) is 25.3 Å². The van der Waals surface area contributed by atoms with Crippen molar-refractivity contribution in [3.8, 4) is 0 Å². The summed E-state index contributed by atoms with van der Waals surface area (Å²) in [6.45, 7) is 1.62. The average molecular weight is 281 g/mol. The quantitative estimate of drug-likeness (QED) is 0.667. The third kappa shape index (κ3) is 3.70. The van der Waals surface area contributed by atoms with Crippen molar-refractivity contribution in [2.45, 2.75) is 55.3 Å². The number of rotatable bonds is 4. The van der Waals surface area contributed by atoms with Crippen molar-refractivity contribution in [3.05, 3.63) is 33.9 Å². The van der Waals surface area contributed by atoms with Gasteiger partial charge in [0.05, 0.1) is 15.9 Å². The summed E-state index contributed by atoms with van der Waals surface area (Å²) in [5, 5.41) is 21.2. The van der Waals surface area contributed by atoms with Crippen molar-refractivity contribution in [2.24, 2.45) is 0 Å². The fourth-order valence-corrected chi connectivity index (χ4v) is 3.73. The molecule has 0 spiro atoms. The second-order valence-corrected chi connectivity index (χ2v) is 6.38. The number of hydrogen-bond donors (Lipinski definition) is 1. The molecular weight excluding hydrogens is 262 g/mol. The Balaban J connectivity index is 2.21. The normalized spacial score (nSPS) is 18.2. The molecule has 0 amide bonds. The largest absolute Gasteiger partial charge is 0.389 e. The lowest BCUT2D eigenvalue weighted by Gasteiger charge is -2.21. The van der Waals surface area contributed by atoms with Crippen LogP contribution in [0.4, 0.5) is 5.69 Å². The SMILES string of the molecule is C[C@H](O)c1ccc(SC2CCCCC2)c([N+](=O)[O-])c1. The maximum Gasteiger partial charge on any atom is 0.283 e. The summed E-state index contributed by atoms with van der Waals surface area (Å²) in [5.74, 6) is 0. The summed E-state index contributed by atoms with van der Waals surface area (Å²) in [6.07, 6.45) is 5.32. The molecule has 2 rings (SSSR count). The van der Waals surface area contributed by atoms with Gasteiger partial charge in [0, 0.05) is 11.3 Å². The predicted molar refractivity (Wildman–Crippen MR) is 76.5 cm³/mol. The first-order valence-corrected chi connectivity index (χ1v) is 7.59. The Morgan fingerprint density at radius 3 is 2.63 bits per heavy atom. The molecule has 0 radical (unpaired) electrons. The van der Waals surface area contributed by atoms with Crippen LogP contribution in [0.5, 0.6) is 0 Å². The Bertz CT molecular complexity index is 456. The highest BCUT2D eigenvalue weighted by Crippen LogP contribution is 2.38. The summed E-state index contributed by atoms with van der Waals surface area (Å²) in [7, 11) is 0. The molecule has 4 nitrogen and oxygen atoms in total. The predicted octanol–water partition coefficient (Wildman–Crippen LogP) is 4.07. The smallest absolute Gasteiger partial charge is 0.283 e. The topological polar surface area (TPSA) is 63.4 Å². The molecule has 0 heterocycles. The van der Waals surface area contributed by atoms with Gasteiger partial charge in [-0.05, 0) is 31.4 Å². The van der Waals surface area contributed by atoms with E-state index in [1.165, 1.54) is 25.3 Å². The number of nitrogens with zero attached hydrogens (tertiary/aromatic N) is 1. The number of nitro groups is 1. The number of aliphatic hydroxyl groups excluding tert-OH is 1. The van der Waals surface area contributed by atoms with Crippen LogP contribution in [0.2, 0.25) is 0 Å². The highest BCUT2D eigenvalue weighted by molar-refractivity contribution is 8.00. The third-order valence-electron chi connectivity index (χ3n) is 3.51. The lowest BCUT2D eigenvalue weighted by atomic mass is 10.0. The van der Waals surface area contributed by atoms with Crippen LogP contribution < -0.4 is 0 Å². The molecule has 5 heteroatoms. The van der Waals surface area contributed by atoms with Gasteiger partial charge in [0.2, 0.25) is 0 Å². The maximum atomic E-state index is 11.1. The molecule has 0 bridgehead atoms. The summed E-state index contributed by atoms with van der Waals surface area (Å²) in [5.41, 5.74) is 0.716. The zero-order chi connectivity index (χ0) is 13.8. The molecule has 1 fully saturated rings. The number of aliphatic hydroxyl groups is 1. The third-order valence-corrected chi connectivity index (χ3v) is 4.91. The molecule has 104 valence electrons. The molecule has 1 aromatic carbocycles. The molecule has 0 unspecified atom stereocenters. The van der Waals surface area contributed by atoms with Crippen LogP contribution in [0, 0.1) is 10.1 Å². The van der Waals surface area contributed by atoms with E-state index in [9.17, 15) is 15.2 Å². The molecule has 1 N–H and O–H groups in total. The lowest BCUT2D eigenvalue weighted by Crippen LogP contribution is -2.08. The van der Waals surface area contributed by atoms with Gasteiger partial charge in [-0.2, -0.15) is 0 Å². The molecule has 1 aliphatic rings. The van der Waals surface area contributed by atoms with Gasteiger partial charge in [0.1, 0.15) is 0 Å². The van der Waals surface area contributed by atoms with Crippen molar-refractivity contribution in [1.82, 2.24) is 0 Å². The summed E-state index contributed by atoms with van der Waals surface area (Å²) < 4.78 is 0. The van der Waals surface area contributed by atoms with E-state index in [4.69, 9.17) is 0 Å². The zero-order valence-corrected chi connectivity index (χ0v) is 11.9. The summed E-state index contributed by atoms with van der Waals surface area (Å²) in [4.78, 5) is 11.5. The highest BCUT2D eigenvalue weighted by Gasteiger charge is 2.21. The zero-order valence-electron chi connectivity index (χ0n) is 11.0. The minimum Gasteiger partial charge on any atom is -0.389 e. The van der Waals surface area contributed by atoms with E-state index in [0.717, 1.165) is 17.7 Å². The van der Waals surface area contributed by atoms with Crippen molar-refractivity contribution in [3.63, 3.8) is 0 Å². The van der Waals surface area contributed by atoms with Crippen molar-refractivity contribution in [1.29, 1.82) is 0 Å². The van der Waals surface area contributed by atoms with Gasteiger partial charge in [0.15, 0.2) is 0 Å². The molecule has 1 aliphatic carbocycles. The van der Waals surface area contributed by atoms with Crippen molar-refractivity contribution in [2.75, 3.05) is 0 Å². The fourth-order valence-electron chi connectivity index (χ4n) is 2.40. The van der Waals surface area contributed by atoms with Crippen molar-refractivity contribution < 1.29 is 10.0 Å². The van der Waals surface area contributed by atoms with E-state index < -0.39 is 6.10 Å². The molecule has 1 atom stereocenters. The van der Waals surface area contributed by atoms with Crippen LogP contribution in [0.25, 0.3) is 0 Å². The molecule has 0 aromatic heterocycles. The fraction of sp³-hybridized carbons (Fsp3) is 0.571.